The van der Waals surface area contributed by atoms with E-state index in [0.717, 1.165) is 11.3 Å². The summed E-state index contributed by atoms with van der Waals surface area (Å²) < 4.78 is 11.7. The highest BCUT2D eigenvalue weighted by Gasteiger charge is 2.33. The minimum absolute atomic E-state index is 0.174. The second-order valence-corrected chi connectivity index (χ2v) is 8.98. The van der Waals surface area contributed by atoms with E-state index in [-0.39, 0.29) is 5.91 Å². The van der Waals surface area contributed by atoms with Crippen LogP contribution in [0, 0.1) is 0 Å². The zero-order chi connectivity index (χ0) is 21.8. The molecule has 1 saturated heterocycles. The Morgan fingerprint density at radius 3 is 2.61 bits per heavy atom. The van der Waals surface area contributed by atoms with Crippen LogP contribution in [0.2, 0.25) is 0 Å². The van der Waals surface area contributed by atoms with Gasteiger partial charge in [-0.3, -0.25) is 9.69 Å². The molecule has 0 aliphatic carbocycles. The maximum atomic E-state index is 12.9. The predicted molar refractivity (Wildman–Crippen MR) is 129 cm³/mol. The molecular weight excluding hydrogens is 450 g/mol. The number of rotatable bonds is 6. The summed E-state index contributed by atoms with van der Waals surface area (Å²) >= 11 is 7.97. The number of thiocarbonyl (C=S) groups is 1. The van der Waals surface area contributed by atoms with Crippen LogP contribution in [-0.4, -0.2) is 22.8 Å². The van der Waals surface area contributed by atoms with Crippen LogP contribution < -0.4 is 14.4 Å². The molecule has 0 bridgehead atoms. The van der Waals surface area contributed by atoms with Crippen molar-refractivity contribution in [3.05, 3.63) is 81.4 Å². The molecule has 1 aromatic heterocycles. The molecule has 8 heteroatoms. The molecule has 1 aliphatic rings. The number of para-hydroxylation sites is 1. The quantitative estimate of drug-likeness (QED) is 0.198. The smallest absolute Gasteiger partial charge is 0.353 e. The van der Waals surface area contributed by atoms with Crippen LogP contribution in [0.25, 0.3) is 6.08 Å². The van der Waals surface area contributed by atoms with Gasteiger partial charge < -0.3 is 9.47 Å². The highest BCUT2D eigenvalue weighted by atomic mass is 32.2. The van der Waals surface area contributed by atoms with E-state index in [0.29, 0.717) is 32.2 Å². The van der Waals surface area contributed by atoms with Gasteiger partial charge in [0.25, 0.3) is 5.91 Å². The van der Waals surface area contributed by atoms with Gasteiger partial charge in [0.1, 0.15) is 4.88 Å². The summed E-state index contributed by atoms with van der Waals surface area (Å²) in [6.45, 7) is 2.26. The van der Waals surface area contributed by atoms with E-state index in [1.165, 1.54) is 28.0 Å². The van der Waals surface area contributed by atoms with Crippen molar-refractivity contribution in [2.45, 2.75) is 6.92 Å². The average Bonchev–Trinajstić information content (AvgIpc) is 3.39. The number of thiophene rings is 1. The maximum absolute atomic E-state index is 12.9. The molecule has 0 N–H and O–H groups in total. The fourth-order valence-electron chi connectivity index (χ4n) is 2.93. The third kappa shape index (κ3) is 4.71. The number of benzene rings is 2. The van der Waals surface area contributed by atoms with Crippen LogP contribution in [0.5, 0.6) is 11.5 Å². The first kappa shape index (κ1) is 21.3. The molecular formula is C23H17NO4S3. The van der Waals surface area contributed by atoms with Gasteiger partial charge in [-0.05, 0) is 54.3 Å². The summed E-state index contributed by atoms with van der Waals surface area (Å²) in [4.78, 5) is 27.8. The van der Waals surface area contributed by atoms with Gasteiger partial charge in [-0.1, -0.05) is 54.3 Å². The number of amides is 1. The van der Waals surface area contributed by atoms with Crippen molar-refractivity contribution in [3.8, 4) is 11.5 Å². The summed E-state index contributed by atoms with van der Waals surface area (Å²) in [5.41, 5.74) is 1.48. The highest BCUT2D eigenvalue weighted by molar-refractivity contribution is 8.27. The molecule has 156 valence electrons. The minimum atomic E-state index is -0.438. The number of carbonyl (C=O) groups is 2. The lowest BCUT2D eigenvalue weighted by molar-refractivity contribution is -0.113. The Morgan fingerprint density at radius 2 is 1.90 bits per heavy atom. The second-order valence-electron chi connectivity index (χ2n) is 6.36. The molecule has 31 heavy (non-hydrogen) atoms. The molecule has 0 spiro atoms. The van der Waals surface area contributed by atoms with Crippen molar-refractivity contribution < 1.29 is 19.1 Å². The maximum Gasteiger partial charge on any atom is 0.353 e. The predicted octanol–water partition coefficient (Wildman–Crippen LogP) is 5.77. The molecule has 0 unspecified atom stereocenters. The summed E-state index contributed by atoms with van der Waals surface area (Å²) in [6, 6.07) is 18.0. The molecule has 1 fully saturated rings. The minimum Gasteiger partial charge on any atom is -0.490 e. The van der Waals surface area contributed by atoms with Crippen LogP contribution in [0.1, 0.15) is 22.2 Å². The molecule has 5 nitrogen and oxygen atoms in total. The Balaban J connectivity index is 1.59. The van der Waals surface area contributed by atoms with Gasteiger partial charge in [-0.15, -0.1) is 11.3 Å². The van der Waals surface area contributed by atoms with Crippen molar-refractivity contribution in [2.24, 2.45) is 0 Å². The van der Waals surface area contributed by atoms with E-state index in [1.54, 1.807) is 36.4 Å². The van der Waals surface area contributed by atoms with Gasteiger partial charge in [-0.25, -0.2) is 4.79 Å². The van der Waals surface area contributed by atoms with E-state index in [4.69, 9.17) is 21.7 Å². The van der Waals surface area contributed by atoms with E-state index in [9.17, 15) is 9.59 Å². The standard InChI is InChI=1S/C23H17NO4S3/c1-2-27-18-13-15(10-11-17(18)28-22(26)19-9-6-12-30-19)14-20-21(25)24(23(29)31-20)16-7-4-3-5-8-16/h3-14H,2H2,1H3/b20-14+. The SMILES string of the molecule is CCOc1cc(/C=C2/SC(=S)N(c3ccccc3)C2=O)ccc1OC(=O)c1cccs1. The van der Waals surface area contributed by atoms with Crippen molar-refractivity contribution >= 4 is 63.3 Å². The highest BCUT2D eigenvalue weighted by Crippen LogP contribution is 2.37. The molecule has 1 aliphatic heterocycles. The van der Waals surface area contributed by atoms with Gasteiger partial charge in [0.05, 0.1) is 17.2 Å². The van der Waals surface area contributed by atoms with Crippen LogP contribution >= 0.6 is 35.3 Å². The molecule has 3 aromatic rings. The number of esters is 1. The molecule has 1 amide bonds. The topological polar surface area (TPSA) is 55.8 Å². The number of ether oxygens (including phenoxy) is 2. The lowest BCUT2D eigenvalue weighted by Crippen LogP contribution is -2.27. The fraction of sp³-hybridized carbons (Fsp3) is 0.0870. The van der Waals surface area contributed by atoms with Crippen molar-refractivity contribution in [3.63, 3.8) is 0 Å². The largest absolute Gasteiger partial charge is 0.490 e. The van der Waals surface area contributed by atoms with Gasteiger partial charge in [0, 0.05) is 0 Å². The average molecular weight is 468 g/mol. The van der Waals surface area contributed by atoms with Crippen molar-refractivity contribution in [1.29, 1.82) is 0 Å². The Morgan fingerprint density at radius 1 is 1.10 bits per heavy atom. The van der Waals surface area contributed by atoms with Gasteiger partial charge >= 0.3 is 5.97 Å². The zero-order valence-corrected chi connectivity index (χ0v) is 18.9. The van der Waals surface area contributed by atoms with Crippen LogP contribution in [0.15, 0.2) is 70.9 Å². The fourth-order valence-corrected chi connectivity index (χ4v) is 4.83. The third-order valence-electron chi connectivity index (χ3n) is 4.30. The van der Waals surface area contributed by atoms with Crippen LogP contribution in [0.4, 0.5) is 5.69 Å². The number of hydrogen-bond donors (Lipinski definition) is 0. The Bertz CT molecular complexity index is 1160. The Kier molecular flexibility index (Phi) is 6.50. The van der Waals surface area contributed by atoms with E-state index >= 15 is 0 Å². The number of thioether (sulfide) groups is 1. The summed E-state index contributed by atoms with van der Waals surface area (Å²) in [5.74, 6) is 0.147. The lowest BCUT2D eigenvalue weighted by atomic mass is 10.1. The lowest BCUT2D eigenvalue weighted by Gasteiger charge is -2.13. The molecule has 0 atom stereocenters. The van der Waals surface area contributed by atoms with Crippen molar-refractivity contribution in [1.82, 2.24) is 0 Å². The van der Waals surface area contributed by atoms with E-state index < -0.39 is 5.97 Å². The zero-order valence-electron chi connectivity index (χ0n) is 16.4. The normalized spacial score (nSPS) is 14.9. The number of anilines is 1. The number of nitrogens with zero attached hydrogens (tertiary/aromatic N) is 1. The monoisotopic (exact) mass is 467 g/mol. The molecule has 2 heterocycles. The first-order valence-corrected chi connectivity index (χ1v) is 11.5. The Hall–Kier alpha value is -2.94. The number of carbonyl (C=O) groups excluding carboxylic acids is 2. The molecule has 4 rings (SSSR count). The van der Waals surface area contributed by atoms with Crippen LogP contribution in [0.3, 0.4) is 0 Å². The summed E-state index contributed by atoms with van der Waals surface area (Å²) in [5, 5.41) is 1.81. The van der Waals surface area contributed by atoms with Crippen LogP contribution in [-0.2, 0) is 4.79 Å². The van der Waals surface area contributed by atoms with Gasteiger partial charge in [-0.2, -0.15) is 0 Å². The summed E-state index contributed by atoms with van der Waals surface area (Å²) in [6.07, 6.45) is 1.76. The first-order valence-electron chi connectivity index (χ1n) is 9.42. The summed E-state index contributed by atoms with van der Waals surface area (Å²) in [7, 11) is 0. The third-order valence-corrected chi connectivity index (χ3v) is 6.45. The second kappa shape index (κ2) is 9.47. The van der Waals surface area contributed by atoms with Gasteiger partial charge in [0.15, 0.2) is 15.8 Å². The van der Waals surface area contributed by atoms with E-state index in [2.05, 4.69) is 0 Å². The molecule has 0 saturated carbocycles. The first-order chi connectivity index (χ1) is 15.1. The van der Waals surface area contributed by atoms with E-state index in [1.807, 2.05) is 42.6 Å². The Labute approximate surface area is 193 Å². The van der Waals surface area contributed by atoms with Crippen molar-refractivity contribution in [2.75, 3.05) is 11.5 Å². The molecule has 0 radical (unpaired) electrons. The molecule has 2 aromatic carbocycles. The number of hydrogen-bond acceptors (Lipinski definition) is 7. The van der Waals surface area contributed by atoms with Gasteiger partial charge in [0.2, 0.25) is 0 Å².